The standard InChI is InChI=1S/C17H32N2O8/c1-5-9(4)12(16(25)26)18-15(24)11(8(2)3)19-17(7-20)14(23)13(22)10(21)6-27-17/h8-14,19-23H,5-7H2,1-4H3,(H,18,24)(H,25,26)/t9-,10-,11-,12-,13-,14+,17-/m0/s1. The lowest BCUT2D eigenvalue weighted by Gasteiger charge is -2.46. The van der Waals surface area contributed by atoms with E-state index in [0.29, 0.717) is 6.42 Å². The van der Waals surface area contributed by atoms with Gasteiger partial charge in [0, 0.05) is 0 Å². The molecule has 10 nitrogen and oxygen atoms in total. The topological polar surface area (TPSA) is 169 Å². The van der Waals surface area contributed by atoms with Crippen LogP contribution in [-0.2, 0) is 14.3 Å². The molecule has 1 rings (SSSR count). The summed E-state index contributed by atoms with van der Waals surface area (Å²) in [5.74, 6) is -2.47. The second-order valence-electron chi connectivity index (χ2n) is 7.44. The fourth-order valence-electron chi connectivity index (χ4n) is 2.94. The molecule has 10 heteroatoms. The average Bonchev–Trinajstić information content (AvgIpc) is 2.62. The molecular formula is C17H32N2O8. The number of ether oxygens (including phenoxy) is 1. The Labute approximate surface area is 158 Å². The molecule has 1 heterocycles. The first-order valence-electron chi connectivity index (χ1n) is 9.10. The highest BCUT2D eigenvalue weighted by Crippen LogP contribution is 2.25. The number of carbonyl (C=O) groups excluding carboxylic acids is 1. The van der Waals surface area contributed by atoms with Crippen LogP contribution in [0.4, 0.5) is 0 Å². The Morgan fingerprint density at radius 2 is 1.78 bits per heavy atom. The molecule has 1 fully saturated rings. The van der Waals surface area contributed by atoms with Crippen molar-refractivity contribution in [3.8, 4) is 0 Å². The quantitative estimate of drug-likeness (QED) is 0.235. The van der Waals surface area contributed by atoms with Crippen LogP contribution < -0.4 is 10.6 Å². The van der Waals surface area contributed by atoms with E-state index in [-0.39, 0.29) is 18.4 Å². The van der Waals surface area contributed by atoms with Gasteiger partial charge in [0.1, 0.15) is 24.4 Å². The molecule has 0 aliphatic carbocycles. The van der Waals surface area contributed by atoms with Gasteiger partial charge < -0.3 is 35.6 Å². The maximum Gasteiger partial charge on any atom is 0.326 e. The molecule has 0 aromatic heterocycles. The molecule has 1 amide bonds. The lowest BCUT2D eigenvalue weighted by atomic mass is 9.91. The Kier molecular flexibility index (Phi) is 8.58. The number of carbonyl (C=O) groups is 2. The monoisotopic (exact) mass is 392 g/mol. The van der Waals surface area contributed by atoms with Crippen LogP contribution in [0.25, 0.3) is 0 Å². The number of aliphatic carboxylic acids is 1. The minimum absolute atomic E-state index is 0.306. The lowest BCUT2D eigenvalue weighted by molar-refractivity contribution is -0.261. The third kappa shape index (κ3) is 5.37. The van der Waals surface area contributed by atoms with Gasteiger partial charge in [0.2, 0.25) is 5.91 Å². The fourth-order valence-corrected chi connectivity index (χ4v) is 2.94. The number of amides is 1. The zero-order chi connectivity index (χ0) is 20.9. The van der Waals surface area contributed by atoms with E-state index in [0.717, 1.165) is 0 Å². The molecule has 0 saturated carbocycles. The van der Waals surface area contributed by atoms with Gasteiger partial charge in [0.05, 0.1) is 19.3 Å². The maximum absolute atomic E-state index is 12.7. The van der Waals surface area contributed by atoms with Crippen molar-refractivity contribution in [1.82, 2.24) is 10.6 Å². The molecule has 1 saturated heterocycles. The van der Waals surface area contributed by atoms with Gasteiger partial charge in [-0.25, -0.2) is 4.79 Å². The molecule has 0 spiro atoms. The normalized spacial score (nSPS) is 32.0. The summed E-state index contributed by atoms with van der Waals surface area (Å²) in [5, 5.41) is 54.1. The van der Waals surface area contributed by atoms with Crippen molar-refractivity contribution in [2.45, 2.75) is 70.2 Å². The second kappa shape index (κ2) is 9.76. The molecule has 0 aromatic rings. The average molecular weight is 392 g/mol. The van der Waals surface area contributed by atoms with Crippen LogP contribution in [0.5, 0.6) is 0 Å². The number of rotatable bonds is 9. The van der Waals surface area contributed by atoms with Gasteiger partial charge >= 0.3 is 5.97 Å². The summed E-state index contributed by atoms with van der Waals surface area (Å²) < 4.78 is 5.34. The van der Waals surface area contributed by atoms with Gasteiger partial charge in [0.25, 0.3) is 0 Å². The van der Waals surface area contributed by atoms with E-state index in [9.17, 15) is 35.1 Å². The minimum atomic E-state index is -1.87. The summed E-state index contributed by atoms with van der Waals surface area (Å²) in [7, 11) is 0. The van der Waals surface area contributed by atoms with E-state index < -0.39 is 54.6 Å². The lowest BCUT2D eigenvalue weighted by Crippen LogP contribution is -2.72. The molecule has 0 aromatic carbocycles. The van der Waals surface area contributed by atoms with Gasteiger partial charge in [-0.3, -0.25) is 10.1 Å². The van der Waals surface area contributed by atoms with Crippen molar-refractivity contribution in [3.05, 3.63) is 0 Å². The van der Waals surface area contributed by atoms with Crippen molar-refractivity contribution in [3.63, 3.8) is 0 Å². The first-order chi connectivity index (χ1) is 12.5. The van der Waals surface area contributed by atoms with E-state index in [2.05, 4.69) is 10.6 Å². The summed E-state index contributed by atoms with van der Waals surface area (Å²) in [6, 6.07) is -2.12. The highest BCUT2D eigenvalue weighted by Gasteiger charge is 2.51. The third-order valence-corrected chi connectivity index (χ3v) is 5.07. The highest BCUT2D eigenvalue weighted by atomic mass is 16.6. The Bertz CT molecular complexity index is 517. The van der Waals surface area contributed by atoms with Crippen molar-refractivity contribution >= 4 is 11.9 Å². The molecule has 0 unspecified atom stereocenters. The van der Waals surface area contributed by atoms with Gasteiger partial charge in [0.15, 0.2) is 5.72 Å². The highest BCUT2D eigenvalue weighted by molar-refractivity contribution is 5.87. The molecule has 7 N–H and O–H groups in total. The number of carboxylic acids is 1. The first-order valence-corrected chi connectivity index (χ1v) is 9.10. The molecule has 0 radical (unpaired) electrons. The largest absolute Gasteiger partial charge is 0.480 e. The number of carboxylic acid groups (broad SMARTS) is 1. The fraction of sp³-hybridized carbons (Fsp3) is 0.882. The number of nitrogens with one attached hydrogen (secondary N) is 2. The zero-order valence-corrected chi connectivity index (χ0v) is 16.1. The van der Waals surface area contributed by atoms with Crippen LogP contribution in [-0.4, -0.2) is 86.7 Å². The van der Waals surface area contributed by atoms with Crippen molar-refractivity contribution in [2.75, 3.05) is 13.2 Å². The van der Waals surface area contributed by atoms with E-state index >= 15 is 0 Å². The van der Waals surface area contributed by atoms with E-state index in [1.165, 1.54) is 0 Å². The number of aliphatic hydroxyl groups is 4. The number of hydrogen-bond donors (Lipinski definition) is 7. The van der Waals surface area contributed by atoms with Gasteiger partial charge in [-0.05, 0) is 11.8 Å². The van der Waals surface area contributed by atoms with Gasteiger partial charge in [-0.15, -0.1) is 0 Å². The molecule has 1 aliphatic heterocycles. The molecule has 27 heavy (non-hydrogen) atoms. The van der Waals surface area contributed by atoms with E-state index in [1.54, 1.807) is 20.8 Å². The van der Waals surface area contributed by atoms with Crippen LogP contribution in [0.3, 0.4) is 0 Å². The Morgan fingerprint density at radius 3 is 2.22 bits per heavy atom. The molecule has 1 aliphatic rings. The summed E-state index contributed by atoms with van der Waals surface area (Å²) in [4.78, 5) is 24.2. The number of hydrogen-bond acceptors (Lipinski definition) is 8. The molecule has 0 bridgehead atoms. The maximum atomic E-state index is 12.7. The van der Waals surface area contributed by atoms with Gasteiger partial charge in [-0.2, -0.15) is 0 Å². The van der Waals surface area contributed by atoms with Crippen LogP contribution in [0, 0.1) is 11.8 Å². The number of aliphatic hydroxyl groups excluding tert-OH is 4. The van der Waals surface area contributed by atoms with E-state index in [1.807, 2.05) is 6.92 Å². The van der Waals surface area contributed by atoms with Crippen LogP contribution in [0.1, 0.15) is 34.1 Å². The summed E-state index contributed by atoms with van der Waals surface area (Å²) in [6.07, 6.45) is -4.08. The van der Waals surface area contributed by atoms with Gasteiger partial charge in [-0.1, -0.05) is 34.1 Å². The molecule has 158 valence electrons. The summed E-state index contributed by atoms with van der Waals surface area (Å²) in [6.45, 7) is 5.77. The third-order valence-electron chi connectivity index (χ3n) is 5.07. The van der Waals surface area contributed by atoms with Crippen LogP contribution in [0.15, 0.2) is 0 Å². The summed E-state index contributed by atoms with van der Waals surface area (Å²) in [5.41, 5.74) is -1.87. The van der Waals surface area contributed by atoms with E-state index in [4.69, 9.17) is 4.74 Å². The van der Waals surface area contributed by atoms with Crippen LogP contribution in [0.2, 0.25) is 0 Å². The zero-order valence-electron chi connectivity index (χ0n) is 16.1. The molecule has 7 atom stereocenters. The predicted octanol–water partition coefficient (Wildman–Crippen LogP) is -1.98. The molecular weight excluding hydrogens is 360 g/mol. The summed E-state index contributed by atoms with van der Waals surface area (Å²) >= 11 is 0. The predicted molar refractivity (Wildman–Crippen MR) is 94.6 cm³/mol. The smallest absolute Gasteiger partial charge is 0.326 e. The van der Waals surface area contributed by atoms with Crippen molar-refractivity contribution in [2.24, 2.45) is 11.8 Å². The Balaban J connectivity index is 3.03. The van der Waals surface area contributed by atoms with Crippen LogP contribution >= 0.6 is 0 Å². The minimum Gasteiger partial charge on any atom is -0.480 e. The first kappa shape index (κ1) is 23.7. The SMILES string of the molecule is CC[C@H](C)[C@H](NC(=O)[C@@H](N[C@@]1(CO)OC[C@H](O)[C@H](O)[C@H]1O)C(C)C)C(=O)O. The Hall–Kier alpha value is -1.30. The van der Waals surface area contributed by atoms with Crippen molar-refractivity contribution in [1.29, 1.82) is 0 Å². The van der Waals surface area contributed by atoms with Crippen molar-refractivity contribution < 1.29 is 39.9 Å². The second-order valence-corrected chi connectivity index (χ2v) is 7.44. The Morgan fingerprint density at radius 1 is 1.19 bits per heavy atom.